The van der Waals surface area contributed by atoms with E-state index >= 15 is 0 Å². The Morgan fingerprint density at radius 3 is 2.79 bits per heavy atom. The van der Waals surface area contributed by atoms with Crippen LogP contribution in [-0.4, -0.2) is 23.1 Å². The quantitative estimate of drug-likeness (QED) is 0.557. The van der Waals surface area contributed by atoms with Gasteiger partial charge in [0.1, 0.15) is 0 Å². The molecule has 0 bridgehead atoms. The average molecular weight is 437 g/mol. The Morgan fingerprint density at radius 1 is 1.03 bits per heavy atom. The lowest BCUT2D eigenvalue weighted by molar-refractivity contribution is 0.625. The van der Waals surface area contributed by atoms with Crippen LogP contribution >= 0.6 is 0 Å². The highest BCUT2D eigenvalue weighted by Gasteiger charge is 2.26. The van der Waals surface area contributed by atoms with Crippen molar-refractivity contribution in [1.82, 2.24) is 15.3 Å². The van der Waals surface area contributed by atoms with Crippen LogP contribution in [0, 0.1) is 0 Å². The number of pyridine rings is 2. The molecular formula is C29H32N4. The largest absolute Gasteiger partial charge is 0.367 e. The van der Waals surface area contributed by atoms with Gasteiger partial charge in [0.05, 0.1) is 0 Å². The molecule has 1 aliphatic carbocycles. The van der Waals surface area contributed by atoms with Gasteiger partial charge in [-0.2, -0.15) is 0 Å². The summed E-state index contributed by atoms with van der Waals surface area (Å²) in [5.74, 6) is 0. The number of fused-ring (bicyclic) bond motifs is 2. The molecule has 1 N–H and O–H groups in total. The molecule has 0 saturated carbocycles. The van der Waals surface area contributed by atoms with Gasteiger partial charge in [-0.3, -0.25) is 9.97 Å². The third kappa shape index (κ3) is 3.97. The fourth-order valence-corrected chi connectivity index (χ4v) is 5.79. The van der Waals surface area contributed by atoms with Crippen LogP contribution in [0.15, 0.2) is 55.0 Å². The molecule has 2 aromatic heterocycles. The average Bonchev–Trinajstić information content (AvgIpc) is 3.34. The minimum absolute atomic E-state index is 0.450. The Labute approximate surface area is 196 Å². The summed E-state index contributed by atoms with van der Waals surface area (Å²) in [5, 5.41) is 3.77. The molecule has 2 aliphatic heterocycles. The Kier molecular flexibility index (Phi) is 5.47. The first-order valence-corrected chi connectivity index (χ1v) is 12.5. The summed E-state index contributed by atoms with van der Waals surface area (Å²) in [6.45, 7) is 5.37. The molecule has 0 amide bonds. The van der Waals surface area contributed by atoms with Crippen molar-refractivity contribution in [2.75, 3.05) is 18.0 Å². The van der Waals surface area contributed by atoms with Crippen LogP contribution in [0.2, 0.25) is 0 Å². The lowest BCUT2D eigenvalue weighted by atomic mass is 9.86. The third-order valence-electron chi connectivity index (χ3n) is 7.64. The van der Waals surface area contributed by atoms with E-state index in [1.807, 2.05) is 12.4 Å². The molecule has 3 aromatic rings. The molecule has 4 heterocycles. The molecule has 1 atom stereocenters. The topological polar surface area (TPSA) is 41.1 Å². The van der Waals surface area contributed by atoms with Crippen LogP contribution in [-0.2, 0) is 19.4 Å². The highest BCUT2D eigenvalue weighted by molar-refractivity contribution is 5.74. The second kappa shape index (κ2) is 8.75. The molecular weight excluding hydrogens is 404 g/mol. The van der Waals surface area contributed by atoms with Gasteiger partial charge < -0.3 is 10.2 Å². The monoisotopic (exact) mass is 436 g/mol. The number of benzene rings is 1. The zero-order valence-corrected chi connectivity index (χ0v) is 19.5. The number of hydrogen-bond donors (Lipinski definition) is 1. The predicted octanol–water partition coefficient (Wildman–Crippen LogP) is 5.87. The zero-order chi connectivity index (χ0) is 22.2. The van der Waals surface area contributed by atoms with E-state index in [0.29, 0.717) is 6.04 Å². The molecule has 6 rings (SSSR count). The van der Waals surface area contributed by atoms with E-state index in [1.54, 1.807) is 0 Å². The maximum absolute atomic E-state index is 4.93. The van der Waals surface area contributed by atoms with Gasteiger partial charge in [-0.05, 0) is 110 Å². The highest BCUT2D eigenvalue weighted by Crippen LogP contribution is 2.37. The molecule has 0 radical (unpaired) electrons. The number of nitrogens with one attached hydrogen (secondary N) is 1. The third-order valence-corrected chi connectivity index (χ3v) is 7.64. The number of rotatable bonds is 3. The van der Waals surface area contributed by atoms with Crippen molar-refractivity contribution in [3.8, 4) is 11.1 Å². The van der Waals surface area contributed by atoms with Gasteiger partial charge in [-0.15, -0.1) is 0 Å². The Balaban J connectivity index is 1.42. The van der Waals surface area contributed by atoms with Crippen molar-refractivity contribution in [1.29, 1.82) is 0 Å². The van der Waals surface area contributed by atoms with E-state index in [0.717, 1.165) is 38.9 Å². The molecule has 0 unspecified atom stereocenters. The van der Waals surface area contributed by atoms with Crippen molar-refractivity contribution in [2.24, 2.45) is 0 Å². The van der Waals surface area contributed by atoms with Gasteiger partial charge in [0, 0.05) is 54.7 Å². The molecule has 4 nitrogen and oxygen atoms in total. The van der Waals surface area contributed by atoms with Crippen molar-refractivity contribution in [2.45, 2.75) is 58.0 Å². The van der Waals surface area contributed by atoms with Crippen LogP contribution in [0.3, 0.4) is 0 Å². The van der Waals surface area contributed by atoms with E-state index in [2.05, 4.69) is 64.7 Å². The van der Waals surface area contributed by atoms with Gasteiger partial charge in [-0.1, -0.05) is 12.1 Å². The number of hydrogen-bond acceptors (Lipinski definition) is 4. The maximum atomic E-state index is 4.93. The van der Waals surface area contributed by atoms with Gasteiger partial charge in [0.25, 0.3) is 0 Å². The molecule has 4 heteroatoms. The fourth-order valence-electron chi connectivity index (χ4n) is 5.79. The summed E-state index contributed by atoms with van der Waals surface area (Å²) in [7, 11) is 0. The van der Waals surface area contributed by atoms with E-state index in [4.69, 9.17) is 4.98 Å². The second-order valence-electron chi connectivity index (χ2n) is 9.73. The first kappa shape index (κ1) is 20.6. The normalized spacial score (nSPS) is 20.1. The standard InChI is InChI=1S/C29H32N4/c1-20-5-2-3-6-28-25(20)17-23(18-32-28)22-15-21-10-14-33(24-8-12-30-13-9-24)19-27(21)26(16-22)29-7-4-11-31-29/h5,8-9,12-13,15-18,29,31H,2-4,6-7,10-11,14,19H2,1H3/t29-/m0/s1. The van der Waals surface area contributed by atoms with Gasteiger partial charge in [0.2, 0.25) is 0 Å². The minimum atomic E-state index is 0.450. The summed E-state index contributed by atoms with van der Waals surface area (Å²) in [5.41, 5.74) is 12.3. The van der Waals surface area contributed by atoms with Crippen LogP contribution in [0.25, 0.3) is 16.7 Å². The molecule has 168 valence electrons. The van der Waals surface area contributed by atoms with Gasteiger partial charge >= 0.3 is 0 Å². The summed E-state index contributed by atoms with van der Waals surface area (Å²) in [4.78, 5) is 11.6. The van der Waals surface area contributed by atoms with Crippen molar-refractivity contribution < 1.29 is 0 Å². The molecule has 1 aromatic carbocycles. The Bertz CT molecular complexity index is 1190. The van der Waals surface area contributed by atoms with E-state index in [1.165, 1.54) is 69.6 Å². The molecule has 1 fully saturated rings. The summed E-state index contributed by atoms with van der Waals surface area (Å²) < 4.78 is 0. The number of aryl methyl sites for hydroxylation is 1. The lowest BCUT2D eigenvalue weighted by Crippen LogP contribution is -2.32. The van der Waals surface area contributed by atoms with Crippen LogP contribution in [0.1, 0.15) is 66.6 Å². The summed E-state index contributed by atoms with van der Waals surface area (Å²) >= 11 is 0. The van der Waals surface area contributed by atoms with E-state index in [9.17, 15) is 0 Å². The molecule has 33 heavy (non-hydrogen) atoms. The predicted molar refractivity (Wildman–Crippen MR) is 135 cm³/mol. The smallest absolute Gasteiger partial charge is 0.0478 e. The SMILES string of the molecule is CC1=CCCCc2ncc(-c3cc4c(c([C@@H]5CCCN5)c3)CN(c3ccncc3)CC4)cc21. The first-order valence-electron chi connectivity index (χ1n) is 12.5. The summed E-state index contributed by atoms with van der Waals surface area (Å²) in [6, 6.07) is 12.0. The summed E-state index contributed by atoms with van der Waals surface area (Å²) in [6.07, 6.45) is 15.3. The Hall–Kier alpha value is -2.98. The van der Waals surface area contributed by atoms with E-state index < -0.39 is 0 Å². The molecule has 1 saturated heterocycles. The number of aromatic nitrogens is 2. The number of anilines is 1. The van der Waals surface area contributed by atoms with Crippen molar-refractivity contribution in [3.63, 3.8) is 0 Å². The van der Waals surface area contributed by atoms with Crippen molar-refractivity contribution >= 4 is 11.3 Å². The first-order chi connectivity index (χ1) is 16.3. The van der Waals surface area contributed by atoms with Crippen LogP contribution in [0.4, 0.5) is 5.69 Å². The zero-order valence-electron chi connectivity index (χ0n) is 19.5. The fraction of sp³-hybridized carbons (Fsp3) is 0.379. The molecule has 3 aliphatic rings. The lowest BCUT2D eigenvalue weighted by Gasteiger charge is -2.33. The second-order valence-corrected chi connectivity index (χ2v) is 9.73. The van der Waals surface area contributed by atoms with Crippen molar-refractivity contribution in [3.05, 3.63) is 82.9 Å². The van der Waals surface area contributed by atoms with Gasteiger partial charge in [-0.25, -0.2) is 0 Å². The number of allylic oxidation sites excluding steroid dienone is 2. The van der Waals surface area contributed by atoms with Crippen LogP contribution < -0.4 is 10.2 Å². The highest BCUT2D eigenvalue weighted by atomic mass is 15.1. The Morgan fingerprint density at radius 2 is 1.94 bits per heavy atom. The molecule has 0 spiro atoms. The number of nitrogens with zero attached hydrogens (tertiary/aromatic N) is 3. The minimum Gasteiger partial charge on any atom is -0.367 e. The van der Waals surface area contributed by atoms with Gasteiger partial charge in [0.15, 0.2) is 0 Å². The van der Waals surface area contributed by atoms with Crippen LogP contribution in [0.5, 0.6) is 0 Å². The maximum Gasteiger partial charge on any atom is 0.0478 e. The van der Waals surface area contributed by atoms with E-state index in [-0.39, 0.29) is 0 Å².